The molecular weight excluding hydrogens is 380 g/mol. The van der Waals surface area contributed by atoms with Gasteiger partial charge in [0.15, 0.2) is 0 Å². The fraction of sp³-hybridized carbons (Fsp3) is 0.188. The molecule has 0 aliphatic carbocycles. The molecular formula is C16H14Br2N2. The summed E-state index contributed by atoms with van der Waals surface area (Å²) in [5, 5.41) is 3.42. The van der Waals surface area contributed by atoms with Gasteiger partial charge in [0.25, 0.3) is 0 Å². The number of nitrogens with zero attached hydrogens (tertiary/aromatic N) is 1. The second-order valence-electron chi connectivity index (χ2n) is 4.79. The minimum Gasteiger partial charge on any atom is -0.343 e. The summed E-state index contributed by atoms with van der Waals surface area (Å²) in [7, 11) is 0. The van der Waals surface area contributed by atoms with Gasteiger partial charge >= 0.3 is 0 Å². The molecule has 2 aromatic rings. The molecule has 1 aliphatic heterocycles. The summed E-state index contributed by atoms with van der Waals surface area (Å²) in [6.07, 6.45) is 2.06. The van der Waals surface area contributed by atoms with E-state index in [4.69, 9.17) is 4.99 Å². The molecule has 2 aromatic carbocycles. The normalized spacial score (nSPS) is 17.9. The molecule has 4 heteroatoms. The van der Waals surface area contributed by atoms with Gasteiger partial charge in [-0.1, -0.05) is 46.3 Å². The van der Waals surface area contributed by atoms with Gasteiger partial charge in [0.05, 0.1) is 11.7 Å². The lowest BCUT2D eigenvalue weighted by molar-refractivity contribution is 0.723. The molecule has 0 saturated heterocycles. The molecule has 1 aliphatic rings. The first-order valence-electron chi connectivity index (χ1n) is 6.56. The molecule has 102 valence electrons. The Hall–Kier alpha value is -1.13. The molecule has 1 N–H and O–H groups in total. The quantitative estimate of drug-likeness (QED) is 0.709. The summed E-state index contributed by atoms with van der Waals surface area (Å²) in [4.78, 5) is 4.79. The fourth-order valence-electron chi connectivity index (χ4n) is 2.35. The van der Waals surface area contributed by atoms with Gasteiger partial charge in [-0.05, 0) is 46.1 Å². The minimum absolute atomic E-state index is 0.285. The average molecular weight is 394 g/mol. The fourth-order valence-corrected chi connectivity index (χ4v) is 3.49. The van der Waals surface area contributed by atoms with Crippen LogP contribution in [0.4, 0.5) is 5.69 Å². The molecule has 20 heavy (non-hydrogen) atoms. The summed E-state index contributed by atoms with van der Waals surface area (Å²) in [5.41, 5.74) is 2.35. The Morgan fingerprint density at radius 2 is 1.85 bits per heavy atom. The topological polar surface area (TPSA) is 24.4 Å². The van der Waals surface area contributed by atoms with Crippen LogP contribution in [0.15, 0.2) is 62.5 Å². The van der Waals surface area contributed by atoms with Crippen LogP contribution in [-0.2, 0) is 0 Å². The van der Waals surface area contributed by atoms with E-state index in [0.717, 1.165) is 33.3 Å². The van der Waals surface area contributed by atoms with E-state index in [1.165, 1.54) is 5.56 Å². The smallest absolute Gasteiger partial charge is 0.102 e. The van der Waals surface area contributed by atoms with Crippen LogP contribution in [-0.4, -0.2) is 5.84 Å². The summed E-state index contributed by atoms with van der Waals surface area (Å²) in [6.45, 7) is 0. The standard InChI is InChI=1S/C16H14Br2N2/c17-12-6-7-15(13(18)10-12)20-16-9-8-14(19-16)11-4-2-1-3-5-11/h1-7,10,14H,8-9H2,(H,19,20)/t14-/m1/s1. The van der Waals surface area contributed by atoms with E-state index in [1.807, 2.05) is 24.3 Å². The highest BCUT2D eigenvalue weighted by Crippen LogP contribution is 2.31. The molecule has 0 bridgehead atoms. The molecule has 0 fully saturated rings. The number of hydrogen-bond acceptors (Lipinski definition) is 2. The maximum Gasteiger partial charge on any atom is 0.102 e. The maximum atomic E-state index is 4.79. The van der Waals surface area contributed by atoms with E-state index in [-0.39, 0.29) is 6.04 Å². The lowest BCUT2D eigenvalue weighted by atomic mass is 10.1. The molecule has 1 heterocycles. The third kappa shape index (κ3) is 3.13. The van der Waals surface area contributed by atoms with Crippen LogP contribution in [0.5, 0.6) is 0 Å². The van der Waals surface area contributed by atoms with Crippen LogP contribution in [0, 0.1) is 0 Å². The molecule has 0 radical (unpaired) electrons. The Morgan fingerprint density at radius 1 is 1.05 bits per heavy atom. The number of aliphatic imine (C=N–C) groups is 1. The molecule has 0 spiro atoms. The van der Waals surface area contributed by atoms with Gasteiger partial charge in [-0.25, -0.2) is 0 Å². The predicted molar refractivity (Wildman–Crippen MR) is 91.3 cm³/mol. The first-order chi connectivity index (χ1) is 9.72. The molecule has 0 unspecified atom stereocenters. The Kier molecular flexibility index (Phi) is 4.22. The van der Waals surface area contributed by atoms with Gasteiger partial charge in [-0.15, -0.1) is 0 Å². The van der Waals surface area contributed by atoms with Crippen molar-refractivity contribution in [1.82, 2.24) is 0 Å². The maximum absolute atomic E-state index is 4.79. The van der Waals surface area contributed by atoms with Crippen LogP contribution >= 0.6 is 31.9 Å². The number of benzene rings is 2. The number of amidine groups is 1. The van der Waals surface area contributed by atoms with Gasteiger partial charge in [0.1, 0.15) is 5.84 Å². The van der Waals surface area contributed by atoms with Gasteiger partial charge < -0.3 is 5.32 Å². The Bertz CT molecular complexity index is 638. The lowest BCUT2D eigenvalue weighted by Gasteiger charge is -2.08. The SMILES string of the molecule is Brc1ccc(NC2=N[C@@H](c3ccccc3)CC2)c(Br)c1. The van der Waals surface area contributed by atoms with Gasteiger partial charge in [0.2, 0.25) is 0 Å². The number of hydrogen-bond donors (Lipinski definition) is 1. The number of halogens is 2. The average Bonchev–Trinajstić information content (AvgIpc) is 2.92. The van der Waals surface area contributed by atoms with Gasteiger partial charge in [-0.2, -0.15) is 0 Å². The highest BCUT2D eigenvalue weighted by Gasteiger charge is 2.19. The van der Waals surface area contributed by atoms with Crippen LogP contribution in [0.1, 0.15) is 24.4 Å². The number of rotatable bonds is 2. The van der Waals surface area contributed by atoms with E-state index in [9.17, 15) is 0 Å². The van der Waals surface area contributed by atoms with Crippen LogP contribution in [0.25, 0.3) is 0 Å². The molecule has 3 rings (SSSR count). The van der Waals surface area contributed by atoms with Crippen LogP contribution in [0.2, 0.25) is 0 Å². The van der Waals surface area contributed by atoms with Crippen molar-refractivity contribution in [3.63, 3.8) is 0 Å². The Morgan fingerprint density at radius 3 is 2.60 bits per heavy atom. The highest BCUT2D eigenvalue weighted by atomic mass is 79.9. The lowest BCUT2D eigenvalue weighted by Crippen LogP contribution is -2.08. The number of nitrogens with one attached hydrogen (secondary N) is 1. The Labute approximate surface area is 135 Å². The van der Waals surface area contributed by atoms with Gasteiger partial charge in [0, 0.05) is 15.4 Å². The Balaban J connectivity index is 1.76. The van der Waals surface area contributed by atoms with E-state index in [2.05, 4.69) is 61.4 Å². The van der Waals surface area contributed by atoms with Crippen molar-refractivity contribution in [2.75, 3.05) is 5.32 Å². The number of anilines is 1. The largest absolute Gasteiger partial charge is 0.343 e. The summed E-state index contributed by atoms with van der Waals surface area (Å²) in [6, 6.07) is 16.9. The zero-order valence-electron chi connectivity index (χ0n) is 10.8. The first-order valence-corrected chi connectivity index (χ1v) is 8.14. The van der Waals surface area contributed by atoms with E-state index in [0.29, 0.717) is 0 Å². The first kappa shape index (κ1) is 13.8. The molecule has 0 saturated carbocycles. The van der Waals surface area contributed by atoms with Crippen molar-refractivity contribution in [2.45, 2.75) is 18.9 Å². The summed E-state index contributed by atoms with van der Waals surface area (Å²) in [5.74, 6) is 1.06. The monoisotopic (exact) mass is 392 g/mol. The van der Waals surface area contributed by atoms with Crippen molar-refractivity contribution >= 4 is 43.4 Å². The van der Waals surface area contributed by atoms with E-state index in [1.54, 1.807) is 0 Å². The zero-order chi connectivity index (χ0) is 13.9. The molecule has 1 atom stereocenters. The minimum atomic E-state index is 0.285. The summed E-state index contributed by atoms with van der Waals surface area (Å²) < 4.78 is 2.10. The molecule has 0 aromatic heterocycles. The van der Waals surface area contributed by atoms with Gasteiger partial charge in [-0.3, -0.25) is 4.99 Å². The summed E-state index contributed by atoms with van der Waals surface area (Å²) >= 11 is 7.03. The van der Waals surface area contributed by atoms with Crippen molar-refractivity contribution in [1.29, 1.82) is 0 Å². The van der Waals surface area contributed by atoms with Crippen molar-refractivity contribution in [3.05, 3.63) is 63.0 Å². The van der Waals surface area contributed by atoms with Crippen molar-refractivity contribution in [3.8, 4) is 0 Å². The van der Waals surface area contributed by atoms with E-state index >= 15 is 0 Å². The second kappa shape index (κ2) is 6.10. The third-order valence-corrected chi connectivity index (χ3v) is 4.51. The third-order valence-electron chi connectivity index (χ3n) is 3.36. The molecule has 0 amide bonds. The van der Waals surface area contributed by atoms with Crippen LogP contribution in [0.3, 0.4) is 0 Å². The molecule has 2 nitrogen and oxygen atoms in total. The van der Waals surface area contributed by atoms with E-state index < -0.39 is 0 Å². The highest BCUT2D eigenvalue weighted by molar-refractivity contribution is 9.11. The van der Waals surface area contributed by atoms with Crippen molar-refractivity contribution in [2.24, 2.45) is 4.99 Å². The van der Waals surface area contributed by atoms with Crippen LogP contribution < -0.4 is 5.32 Å². The zero-order valence-corrected chi connectivity index (χ0v) is 14.0. The van der Waals surface area contributed by atoms with Crippen molar-refractivity contribution < 1.29 is 0 Å². The predicted octanol–water partition coefficient (Wildman–Crippen LogP) is 5.56. The second-order valence-corrected chi connectivity index (χ2v) is 6.56.